The van der Waals surface area contributed by atoms with E-state index in [1.54, 1.807) is 0 Å². The maximum Gasteiger partial charge on any atom is 0.480 e. The number of hydrogen-bond acceptors (Lipinski definition) is 6. The molecule has 0 aliphatic rings. The summed E-state index contributed by atoms with van der Waals surface area (Å²) in [7, 11) is -13.9. The molecule has 0 amide bonds. The summed E-state index contributed by atoms with van der Waals surface area (Å²) in [6.07, 6.45) is 5.34. The standard InChI is InChI=1S/C17H42NO2Si2.C2F6NO4S2/c1-9-10-11-12-13-18(2,14-16-19-21(3,4)5)15-17-20-22(6,7)8;3-1(4,5)14(10,11)9-15(12,13)2(6,7)8/h9-17H2,1-8H3;/q+1;-1. The molecular weight excluding hydrogens is 587 g/mol. The van der Waals surface area contributed by atoms with Crippen LogP contribution in [0.4, 0.5) is 26.3 Å². The van der Waals surface area contributed by atoms with Crippen LogP contribution in [0, 0.1) is 0 Å². The van der Waals surface area contributed by atoms with Gasteiger partial charge in [-0.05, 0) is 52.1 Å². The van der Waals surface area contributed by atoms with E-state index in [9.17, 15) is 43.2 Å². The number of alkyl halides is 6. The number of quaternary nitrogens is 1. The SMILES string of the molecule is CCCCCC[N+](C)(CCO[Si](C)(C)C)CCO[Si](C)(C)C.O=S(=O)([N-]S(=O)(=O)C(F)(F)F)C(F)(F)F. The van der Waals surface area contributed by atoms with Crippen molar-refractivity contribution in [3.05, 3.63) is 4.13 Å². The zero-order chi connectivity index (χ0) is 30.0. The van der Waals surface area contributed by atoms with Crippen molar-refractivity contribution in [3.63, 3.8) is 0 Å². The summed E-state index contributed by atoms with van der Waals surface area (Å²) in [4.78, 5) is 0. The largest absolute Gasteiger partial charge is 0.480 e. The fourth-order valence-corrected chi connectivity index (χ4v) is 5.73. The Balaban J connectivity index is 0. The Morgan fingerprint density at radius 2 is 1.03 bits per heavy atom. The van der Waals surface area contributed by atoms with E-state index in [4.69, 9.17) is 8.85 Å². The molecule has 8 nitrogen and oxygen atoms in total. The monoisotopic (exact) mass is 628 g/mol. The van der Waals surface area contributed by atoms with Crippen LogP contribution >= 0.6 is 0 Å². The van der Waals surface area contributed by atoms with Gasteiger partial charge in [0.15, 0.2) is 36.7 Å². The van der Waals surface area contributed by atoms with Gasteiger partial charge in [0.25, 0.3) is 0 Å². The number of hydrogen-bond donors (Lipinski definition) is 0. The lowest BCUT2D eigenvalue weighted by atomic mass is 10.2. The van der Waals surface area contributed by atoms with E-state index < -0.39 is 47.7 Å². The molecule has 0 spiro atoms. The molecular formula is C19H42F6N2O6S2Si2. The van der Waals surface area contributed by atoms with E-state index in [1.165, 1.54) is 32.2 Å². The highest BCUT2D eigenvalue weighted by molar-refractivity contribution is 8.13. The molecule has 0 aliphatic heterocycles. The summed E-state index contributed by atoms with van der Waals surface area (Å²) in [6.45, 7) is 21.2. The lowest BCUT2D eigenvalue weighted by Gasteiger charge is -2.36. The fourth-order valence-electron chi connectivity index (χ4n) is 2.61. The quantitative estimate of drug-likeness (QED) is 0.0987. The molecule has 0 aliphatic carbocycles. The molecule has 0 aromatic heterocycles. The van der Waals surface area contributed by atoms with Crippen molar-refractivity contribution in [2.24, 2.45) is 0 Å². The molecule has 0 aromatic carbocycles. The molecule has 18 heteroatoms. The van der Waals surface area contributed by atoms with E-state index in [1.807, 2.05) is 0 Å². The van der Waals surface area contributed by atoms with Crippen LogP contribution in [0.5, 0.6) is 0 Å². The Bertz CT molecular complexity index is 809. The average Bonchev–Trinajstić information content (AvgIpc) is 2.61. The third kappa shape index (κ3) is 18.6. The first-order chi connectivity index (χ1) is 16.2. The smallest absolute Gasteiger partial charge is 0.421 e. The van der Waals surface area contributed by atoms with E-state index >= 15 is 0 Å². The lowest BCUT2D eigenvalue weighted by molar-refractivity contribution is -0.910. The predicted octanol–water partition coefficient (Wildman–Crippen LogP) is 5.78. The normalized spacial score (nSPS) is 14.3. The summed E-state index contributed by atoms with van der Waals surface area (Å²) in [6, 6.07) is 0. The van der Waals surface area contributed by atoms with Gasteiger partial charge in [-0.15, -0.1) is 0 Å². The number of unbranched alkanes of at least 4 members (excludes halogenated alkanes) is 3. The molecule has 0 radical (unpaired) electrons. The van der Waals surface area contributed by atoms with Gasteiger partial charge < -0.3 is 17.5 Å². The lowest BCUT2D eigenvalue weighted by Crippen LogP contribution is -2.50. The van der Waals surface area contributed by atoms with Gasteiger partial charge in [-0.1, -0.05) is 19.8 Å². The maximum absolute atomic E-state index is 11.4. The van der Waals surface area contributed by atoms with Crippen molar-refractivity contribution in [3.8, 4) is 0 Å². The molecule has 0 rings (SSSR count). The van der Waals surface area contributed by atoms with Crippen LogP contribution in [-0.2, 0) is 28.9 Å². The van der Waals surface area contributed by atoms with Gasteiger partial charge in [0.05, 0.1) is 26.8 Å². The first kappa shape index (κ1) is 38.9. The summed E-state index contributed by atoms with van der Waals surface area (Å²) in [5.41, 5.74) is -12.4. The van der Waals surface area contributed by atoms with Crippen molar-refractivity contribution in [2.45, 2.75) is 82.9 Å². The third-order valence-corrected chi connectivity index (χ3v) is 9.55. The Hall–Kier alpha value is -0.246. The zero-order valence-electron chi connectivity index (χ0n) is 22.8. The Morgan fingerprint density at radius 1 is 0.676 bits per heavy atom. The molecule has 0 atom stereocenters. The van der Waals surface area contributed by atoms with Crippen LogP contribution in [0.15, 0.2) is 0 Å². The Kier molecular flexibility index (Phi) is 15.7. The summed E-state index contributed by atoms with van der Waals surface area (Å²) in [5.74, 6) is 0. The van der Waals surface area contributed by atoms with Crippen LogP contribution in [0.2, 0.25) is 39.3 Å². The number of nitrogens with zero attached hydrogens (tertiary/aromatic N) is 2. The molecule has 0 heterocycles. The van der Waals surface area contributed by atoms with Gasteiger partial charge in [-0.25, -0.2) is 16.8 Å². The molecule has 0 fully saturated rings. The number of rotatable bonds is 15. The highest BCUT2D eigenvalue weighted by Crippen LogP contribution is 2.36. The third-order valence-electron chi connectivity index (χ3n) is 4.67. The van der Waals surface area contributed by atoms with Crippen LogP contribution in [0.3, 0.4) is 0 Å². The Morgan fingerprint density at radius 3 is 1.30 bits per heavy atom. The minimum absolute atomic E-state index is 0.778. The highest BCUT2D eigenvalue weighted by atomic mass is 32.3. The molecule has 0 N–H and O–H groups in total. The number of likely N-dealkylation sites (N-methyl/N-ethyl adjacent to an activating group) is 1. The summed E-state index contributed by atoms with van der Waals surface area (Å²) >= 11 is 0. The van der Waals surface area contributed by atoms with Crippen LogP contribution in [0.1, 0.15) is 32.6 Å². The maximum atomic E-state index is 11.4. The zero-order valence-corrected chi connectivity index (χ0v) is 26.4. The average molecular weight is 629 g/mol. The molecule has 0 bridgehead atoms. The van der Waals surface area contributed by atoms with Gasteiger partial charge in [-0.2, -0.15) is 26.3 Å². The van der Waals surface area contributed by atoms with Crippen LogP contribution < -0.4 is 0 Å². The van der Waals surface area contributed by atoms with Crippen molar-refractivity contribution < 1.29 is 56.5 Å². The van der Waals surface area contributed by atoms with Gasteiger partial charge in [0.2, 0.25) is 0 Å². The van der Waals surface area contributed by atoms with Gasteiger partial charge in [0.1, 0.15) is 13.1 Å². The van der Waals surface area contributed by atoms with Gasteiger partial charge >= 0.3 is 11.0 Å². The van der Waals surface area contributed by atoms with Gasteiger partial charge in [0, 0.05) is 0 Å². The summed E-state index contributed by atoms with van der Waals surface area (Å²) in [5, 5.41) is 0. The van der Waals surface area contributed by atoms with Crippen molar-refractivity contribution in [1.82, 2.24) is 0 Å². The second-order valence-electron chi connectivity index (χ2n) is 10.7. The van der Waals surface area contributed by atoms with Crippen molar-refractivity contribution in [1.29, 1.82) is 0 Å². The number of halogens is 6. The highest BCUT2D eigenvalue weighted by Gasteiger charge is 2.47. The molecule has 37 heavy (non-hydrogen) atoms. The predicted molar refractivity (Wildman–Crippen MR) is 137 cm³/mol. The minimum atomic E-state index is -6.72. The second kappa shape index (κ2) is 14.9. The van der Waals surface area contributed by atoms with E-state index in [-0.39, 0.29) is 0 Å². The molecule has 0 unspecified atom stereocenters. The minimum Gasteiger partial charge on any atom is -0.421 e. The van der Waals surface area contributed by atoms with Crippen LogP contribution in [0.25, 0.3) is 4.13 Å². The van der Waals surface area contributed by atoms with E-state index in [2.05, 4.69) is 53.3 Å². The van der Waals surface area contributed by atoms with Crippen molar-refractivity contribution >= 4 is 36.7 Å². The van der Waals surface area contributed by atoms with Gasteiger partial charge in [-0.3, -0.25) is 0 Å². The summed E-state index contributed by atoms with van der Waals surface area (Å²) < 4.78 is 122. The topological polar surface area (TPSA) is 101 Å². The van der Waals surface area contributed by atoms with E-state index in [0.717, 1.165) is 34.9 Å². The molecule has 0 aromatic rings. The molecule has 226 valence electrons. The van der Waals surface area contributed by atoms with Crippen molar-refractivity contribution in [2.75, 3.05) is 39.9 Å². The molecule has 0 saturated heterocycles. The fraction of sp³-hybridized carbons (Fsp3) is 1.00. The Labute approximate surface area is 220 Å². The van der Waals surface area contributed by atoms with Crippen LogP contribution in [-0.4, -0.2) is 88.9 Å². The van der Waals surface area contributed by atoms with E-state index in [0.29, 0.717) is 0 Å². The second-order valence-corrected chi connectivity index (χ2v) is 23.1. The first-order valence-electron chi connectivity index (χ1n) is 11.7. The first-order valence-corrected chi connectivity index (χ1v) is 21.4. The molecule has 0 saturated carbocycles. The number of sulfonamides is 2.